The fourth-order valence-electron chi connectivity index (χ4n) is 11.8. The molecule has 0 unspecified atom stereocenters. The van der Waals surface area contributed by atoms with Gasteiger partial charge in [0.05, 0.1) is 31.5 Å². The standard InChI is InChI=1S/C41H70O14/c1-19(2)9-8-10-20(3)29-25(16-23-28-22(12-14-41(23,29)5)40(4)13-11-21(42)15-24(40)30(43)33(28)46)52-39-36(49)37(32(45)27(54-39)18-51-7)55-38-35(48)34(47)31(44)26(53-38)17-50-6/h19-22,24-27,29-39,42-49H,8-18H2,1-7H3/t20-,21+,22+,24-,25-,26-,27-,29+,30+,31+,32+,33-,34+,35-,36-,37+,38+,39-,40-,41+/m1/s1. The highest BCUT2D eigenvalue weighted by molar-refractivity contribution is 5.39. The summed E-state index contributed by atoms with van der Waals surface area (Å²) in [5.74, 6) is 0.545. The molecule has 4 aliphatic carbocycles. The van der Waals surface area contributed by atoms with E-state index in [4.69, 9.17) is 28.4 Å². The quantitative estimate of drug-likeness (QED) is 0.124. The molecule has 2 heterocycles. The lowest BCUT2D eigenvalue weighted by molar-refractivity contribution is -0.365. The van der Waals surface area contributed by atoms with Crippen LogP contribution in [0.2, 0.25) is 0 Å². The van der Waals surface area contributed by atoms with Gasteiger partial charge in [0, 0.05) is 14.2 Å². The molecular weight excluding hydrogens is 716 g/mol. The van der Waals surface area contributed by atoms with Gasteiger partial charge in [-0.2, -0.15) is 0 Å². The summed E-state index contributed by atoms with van der Waals surface area (Å²) in [6, 6.07) is 0. The lowest BCUT2D eigenvalue weighted by atomic mass is 9.47. The Morgan fingerprint density at radius 1 is 0.727 bits per heavy atom. The summed E-state index contributed by atoms with van der Waals surface area (Å²) < 4.78 is 35.5. The predicted molar refractivity (Wildman–Crippen MR) is 198 cm³/mol. The van der Waals surface area contributed by atoms with E-state index in [1.54, 1.807) is 0 Å². The molecule has 318 valence electrons. The smallest absolute Gasteiger partial charge is 0.187 e. The fourth-order valence-corrected chi connectivity index (χ4v) is 11.8. The predicted octanol–water partition coefficient (Wildman–Crippen LogP) is 1.40. The maximum atomic E-state index is 11.9. The van der Waals surface area contributed by atoms with Crippen molar-refractivity contribution in [3.05, 3.63) is 11.1 Å². The summed E-state index contributed by atoms with van der Waals surface area (Å²) in [7, 11) is 2.86. The minimum absolute atomic E-state index is 0.0380. The Balaban J connectivity index is 1.32. The summed E-state index contributed by atoms with van der Waals surface area (Å²) in [6.07, 6.45) is -10.0. The van der Waals surface area contributed by atoms with E-state index in [1.807, 2.05) is 0 Å². The maximum absolute atomic E-state index is 11.9. The summed E-state index contributed by atoms with van der Waals surface area (Å²) in [6.45, 7) is 11.0. The van der Waals surface area contributed by atoms with Crippen LogP contribution in [0, 0.1) is 40.4 Å². The summed E-state index contributed by atoms with van der Waals surface area (Å²) in [5, 5.41) is 89.4. The zero-order valence-corrected chi connectivity index (χ0v) is 33.8. The monoisotopic (exact) mass is 786 g/mol. The first-order chi connectivity index (χ1) is 26.0. The van der Waals surface area contributed by atoms with E-state index in [1.165, 1.54) is 14.2 Å². The number of rotatable bonds is 13. The van der Waals surface area contributed by atoms with Crippen molar-refractivity contribution in [1.29, 1.82) is 0 Å². The Labute approximate surface area is 326 Å². The number of fused-ring (bicyclic) bond motifs is 4. The molecule has 0 aromatic rings. The molecule has 3 saturated carbocycles. The summed E-state index contributed by atoms with van der Waals surface area (Å²) in [5.41, 5.74) is 1.37. The third-order valence-corrected chi connectivity index (χ3v) is 14.8. The molecule has 0 radical (unpaired) electrons. The average molecular weight is 787 g/mol. The first-order valence-electron chi connectivity index (χ1n) is 20.8. The van der Waals surface area contributed by atoms with Crippen molar-refractivity contribution < 1.29 is 69.3 Å². The van der Waals surface area contributed by atoms with Crippen LogP contribution in [0.25, 0.3) is 0 Å². The van der Waals surface area contributed by atoms with Crippen molar-refractivity contribution in [2.75, 3.05) is 27.4 Å². The second-order valence-corrected chi connectivity index (χ2v) is 18.7. The van der Waals surface area contributed by atoms with Crippen LogP contribution in [0.3, 0.4) is 0 Å². The molecule has 8 N–H and O–H groups in total. The van der Waals surface area contributed by atoms with Gasteiger partial charge in [0.25, 0.3) is 0 Å². The second kappa shape index (κ2) is 17.4. The van der Waals surface area contributed by atoms with Crippen molar-refractivity contribution in [2.24, 2.45) is 40.4 Å². The third-order valence-electron chi connectivity index (χ3n) is 14.8. The van der Waals surface area contributed by atoms with Gasteiger partial charge < -0.3 is 69.3 Å². The highest BCUT2D eigenvalue weighted by Gasteiger charge is 2.63. The van der Waals surface area contributed by atoms with Crippen LogP contribution in [-0.4, -0.2) is 154 Å². The zero-order valence-electron chi connectivity index (χ0n) is 33.8. The van der Waals surface area contributed by atoms with Gasteiger partial charge in [-0.1, -0.05) is 59.5 Å². The molecule has 0 amide bonds. The molecule has 2 saturated heterocycles. The van der Waals surface area contributed by atoms with Crippen LogP contribution >= 0.6 is 0 Å². The second-order valence-electron chi connectivity index (χ2n) is 18.7. The molecule has 55 heavy (non-hydrogen) atoms. The first kappa shape index (κ1) is 43.8. The van der Waals surface area contributed by atoms with E-state index in [-0.39, 0.29) is 47.7 Å². The zero-order chi connectivity index (χ0) is 40.1. The van der Waals surface area contributed by atoms with Crippen LogP contribution in [0.15, 0.2) is 11.1 Å². The van der Waals surface area contributed by atoms with Crippen molar-refractivity contribution in [3.63, 3.8) is 0 Å². The lowest BCUT2D eigenvalue weighted by Gasteiger charge is -2.59. The van der Waals surface area contributed by atoms with Gasteiger partial charge in [0.2, 0.25) is 0 Å². The largest absolute Gasteiger partial charge is 0.393 e. The van der Waals surface area contributed by atoms with Gasteiger partial charge in [-0.3, -0.25) is 0 Å². The first-order valence-corrected chi connectivity index (χ1v) is 20.8. The molecule has 0 bridgehead atoms. The topological polar surface area (TPSA) is 217 Å². The summed E-state index contributed by atoms with van der Waals surface area (Å²) >= 11 is 0. The Morgan fingerprint density at radius 2 is 1.36 bits per heavy atom. The minimum atomic E-state index is -1.70. The fraction of sp³-hybridized carbons (Fsp3) is 0.951. The van der Waals surface area contributed by atoms with E-state index in [9.17, 15) is 40.9 Å². The Morgan fingerprint density at radius 3 is 2.00 bits per heavy atom. The van der Waals surface area contributed by atoms with Crippen molar-refractivity contribution in [1.82, 2.24) is 0 Å². The van der Waals surface area contributed by atoms with Crippen molar-refractivity contribution in [3.8, 4) is 0 Å². The van der Waals surface area contributed by atoms with E-state index in [2.05, 4.69) is 34.6 Å². The Kier molecular flexibility index (Phi) is 13.9. The van der Waals surface area contributed by atoms with Gasteiger partial charge >= 0.3 is 0 Å². The molecule has 6 aliphatic rings. The van der Waals surface area contributed by atoms with Gasteiger partial charge in [-0.15, -0.1) is 0 Å². The molecule has 5 fully saturated rings. The maximum Gasteiger partial charge on any atom is 0.187 e. The van der Waals surface area contributed by atoms with Gasteiger partial charge in [-0.05, 0) is 84.5 Å². The summed E-state index contributed by atoms with van der Waals surface area (Å²) in [4.78, 5) is 0. The number of methoxy groups -OCH3 is 2. The molecule has 0 spiro atoms. The molecule has 14 heteroatoms. The third kappa shape index (κ3) is 8.09. The van der Waals surface area contributed by atoms with Crippen LogP contribution in [-0.2, 0) is 28.4 Å². The van der Waals surface area contributed by atoms with E-state index in [0.29, 0.717) is 25.2 Å². The number of aliphatic hydroxyl groups excluding tert-OH is 8. The Bertz CT molecular complexity index is 1320. The molecule has 0 aromatic heterocycles. The molecule has 20 atom stereocenters. The highest BCUT2D eigenvalue weighted by atomic mass is 16.7. The van der Waals surface area contributed by atoms with Crippen molar-refractivity contribution in [2.45, 2.75) is 178 Å². The molecular formula is C41H70O14. The van der Waals surface area contributed by atoms with Crippen LogP contribution in [0.4, 0.5) is 0 Å². The van der Waals surface area contributed by atoms with E-state index >= 15 is 0 Å². The highest BCUT2D eigenvalue weighted by Crippen LogP contribution is 2.66. The van der Waals surface area contributed by atoms with Crippen LogP contribution < -0.4 is 0 Å². The molecule has 2 aliphatic heterocycles. The molecule has 0 aromatic carbocycles. The lowest BCUT2D eigenvalue weighted by Crippen LogP contribution is -2.65. The number of ether oxygens (including phenoxy) is 6. The number of hydrogen-bond donors (Lipinski definition) is 8. The van der Waals surface area contributed by atoms with E-state index < -0.39 is 85.8 Å². The number of hydrogen-bond acceptors (Lipinski definition) is 14. The van der Waals surface area contributed by atoms with Gasteiger partial charge in [-0.25, -0.2) is 0 Å². The van der Waals surface area contributed by atoms with Gasteiger partial charge in [0.15, 0.2) is 12.6 Å². The Hall–Kier alpha value is -0.820. The van der Waals surface area contributed by atoms with Gasteiger partial charge in [0.1, 0.15) is 54.9 Å². The SMILES string of the molecule is COC[C@H]1O[C@@H](O[C@H]2[C@@H](O)[C@@H](COC)O[C@@H](O[C@@H]3CC4=C5[C@@H](O)[C@@H](O)[C@H]6C[C@@H](O)CC[C@]6(C)[C@H]5CC[C@]4(C)[C@H]3[C@H](C)CCCC(C)C)[C@@H]2O)[C@H](O)[C@@H](O)[C@H]1O. The average Bonchev–Trinajstić information content (AvgIpc) is 3.43. The molecule has 14 nitrogen and oxygen atoms in total. The van der Waals surface area contributed by atoms with E-state index in [0.717, 1.165) is 49.7 Å². The minimum Gasteiger partial charge on any atom is -0.393 e. The van der Waals surface area contributed by atoms with Crippen molar-refractivity contribution >= 4 is 0 Å². The normalized spacial score (nSPS) is 49.4. The van der Waals surface area contributed by atoms with Crippen LogP contribution in [0.1, 0.15) is 92.4 Å². The number of aliphatic hydroxyl groups is 8. The van der Waals surface area contributed by atoms with Crippen LogP contribution in [0.5, 0.6) is 0 Å². The molecule has 6 rings (SSSR count).